The van der Waals surface area contributed by atoms with E-state index >= 15 is 0 Å². The highest BCUT2D eigenvalue weighted by Crippen LogP contribution is 2.36. The summed E-state index contributed by atoms with van der Waals surface area (Å²) in [5, 5.41) is 12.7. The van der Waals surface area contributed by atoms with Gasteiger partial charge in [-0.1, -0.05) is 15.9 Å². The van der Waals surface area contributed by atoms with Gasteiger partial charge in [0.25, 0.3) is 5.91 Å². The molecule has 1 aromatic heterocycles. The molecule has 2 aromatic rings. The smallest absolute Gasteiger partial charge is 0.337 e. The fourth-order valence-electron chi connectivity index (χ4n) is 4.67. The first-order valence-corrected chi connectivity index (χ1v) is 11.7. The molecule has 8 heteroatoms. The van der Waals surface area contributed by atoms with Crippen LogP contribution in [0.1, 0.15) is 39.3 Å². The van der Waals surface area contributed by atoms with E-state index < -0.39 is 5.97 Å². The number of amides is 1. The fraction of sp³-hybridized carbons (Fsp3) is 0.417. The zero-order valence-electron chi connectivity index (χ0n) is 18.7. The third-order valence-corrected chi connectivity index (χ3v) is 7.02. The Bertz CT molecular complexity index is 1100. The normalized spacial score (nSPS) is 18.2. The van der Waals surface area contributed by atoms with E-state index in [4.69, 9.17) is 0 Å². The summed E-state index contributed by atoms with van der Waals surface area (Å²) in [6.45, 7) is 9.63. The van der Waals surface area contributed by atoms with Gasteiger partial charge < -0.3 is 24.8 Å². The van der Waals surface area contributed by atoms with Crippen LogP contribution in [0.4, 0.5) is 5.69 Å². The molecule has 0 aliphatic carbocycles. The third kappa shape index (κ3) is 4.40. The number of aromatic nitrogens is 1. The highest BCUT2D eigenvalue weighted by Gasteiger charge is 2.27. The average molecular weight is 501 g/mol. The van der Waals surface area contributed by atoms with E-state index in [0.29, 0.717) is 23.2 Å². The Hall–Kier alpha value is -2.42. The summed E-state index contributed by atoms with van der Waals surface area (Å²) in [5.74, 6) is -1.10. The van der Waals surface area contributed by atoms with Crippen molar-refractivity contribution in [2.75, 3.05) is 45.1 Å². The Morgan fingerprint density at radius 3 is 2.59 bits per heavy atom. The van der Waals surface area contributed by atoms with E-state index in [1.54, 1.807) is 0 Å². The first kappa shape index (κ1) is 22.8. The van der Waals surface area contributed by atoms with Crippen molar-refractivity contribution < 1.29 is 14.7 Å². The summed E-state index contributed by atoms with van der Waals surface area (Å²) in [5.41, 5.74) is 4.68. The number of likely N-dealkylation sites (N-methyl/N-ethyl adjacent to an activating group) is 1. The Morgan fingerprint density at radius 1 is 1.19 bits per heavy atom. The molecule has 4 rings (SSSR count). The van der Waals surface area contributed by atoms with Crippen molar-refractivity contribution in [2.45, 2.75) is 26.8 Å². The number of rotatable bonds is 6. The maximum Gasteiger partial charge on any atom is 0.337 e. The number of hydrogen-bond acceptors (Lipinski definition) is 4. The molecular weight excluding hydrogens is 472 g/mol. The van der Waals surface area contributed by atoms with Gasteiger partial charge in [-0.15, -0.1) is 0 Å². The highest BCUT2D eigenvalue weighted by atomic mass is 79.9. The summed E-state index contributed by atoms with van der Waals surface area (Å²) in [6, 6.07) is 5.68. The lowest BCUT2D eigenvalue weighted by atomic mass is 10.0. The summed E-state index contributed by atoms with van der Waals surface area (Å²) in [6.07, 6.45) is 2.76. The van der Waals surface area contributed by atoms with Gasteiger partial charge >= 0.3 is 5.97 Å². The Morgan fingerprint density at radius 2 is 1.91 bits per heavy atom. The van der Waals surface area contributed by atoms with Gasteiger partial charge in [-0.3, -0.25) is 4.79 Å². The third-order valence-electron chi connectivity index (χ3n) is 6.53. The van der Waals surface area contributed by atoms with Gasteiger partial charge in [-0.05, 0) is 63.7 Å². The molecule has 2 aliphatic rings. The molecule has 0 spiro atoms. The van der Waals surface area contributed by atoms with Crippen molar-refractivity contribution in [3.63, 3.8) is 0 Å². The van der Waals surface area contributed by atoms with Crippen LogP contribution in [0.25, 0.3) is 11.6 Å². The second-order valence-corrected chi connectivity index (χ2v) is 9.54. The first-order chi connectivity index (χ1) is 15.3. The van der Waals surface area contributed by atoms with E-state index in [2.05, 4.69) is 42.7 Å². The topological polar surface area (TPSA) is 77.8 Å². The van der Waals surface area contributed by atoms with E-state index in [0.717, 1.165) is 66.3 Å². The van der Waals surface area contributed by atoms with Gasteiger partial charge in [-0.25, -0.2) is 4.79 Å². The van der Waals surface area contributed by atoms with Crippen molar-refractivity contribution in [3.05, 3.63) is 50.8 Å². The van der Waals surface area contributed by atoms with Crippen molar-refractivity contribution in [1.82, 2.24) is 14.4 Å². The number of carboxylic acid groups (broad SMARTS) is 1. The zero-order chi connectivity index (χ0) is 23.0. The summed E-state index contributed by atoms with van der Waals surface area (Å²) in [4.78, 5) is 29.5. The van der Waals surface area contributed by atoms with Crippen molar-refractivity contribution in [2.24, 2.45) is 0 Å². The largest absolute Gasteiger partial charge is 0.478 e. The molecular formula is C24H29BrN4O3. The molecule has 0 radical (unpaired) electrons. The molecule has 1 fully saturated rings. The summed E-state index contributed by atoms with van der Waals surface area (Å²) < 4.78 is 2.95. The number of carboxylic acids is 1. The molecule has 1 saturated heterocycles. The minimum Gasteiger partial charge on any atom is -0.478 e. The van der Waals surface area contributed by atoms with Crippen LogP contribution in [0.5, 0.6) is 0 Å². The van der Waals surface area contributed by atoms with Crippen LogP contribution in [0.15, 0.2) is 22.7 Å². The number of nitrogens with zero attached hydrogens (tertiary/aromatic N) is 3. The molecule has 2 N–H and O–H groups in total. The molecule has 3 heterocycles. The van der Waals surface area contributed by atoms with Crippen molar-refractivity contribution in [1.29, 1.82) is 0 Å². The predicted octanol–water partition coefficient (Wildman–Crippen LogP) is 3.70. The first-order valence-electron chi connectivity index (χ1n) is 10.9. The lowest BCUT2D eigenvalue weighted by Crippen LogP contribution is -2.44. The Balaban J connectivity index is 1.65. The maximum atomic E-state index is 12.7. The SMILES string of the molecule is Cc1c(C(=O)O)c(C)n(CCCN2CCN(C)CC2)c1/C=C1\C(=O)Nc2ccc(Br)cc21. The molecule has 32 heavy (non-hydrogen) atoms. The standard InChI is InChI=1S/C24H29BrN4O3/c1-15-21(14-19-18-13-17(25)5-6-20(18)26-23(19)30)29(16(2)22(15)24(31)32)8-4-7-28-11-9-27(3)10-12-28/h5-6,13-14H,4,7-12H2,1-3H3,(H,26,30)(H,31,32)/b19-14-. The van der Waals surface area contributed by atoms with Gasteiger partial charge in [-0.2, -0.15) is 0 Å². The van der Waals surface area contributed by atoms with Crippen LogP contribution in [0.3, 0.4) is 0 Å². The fourth-order valence-corrected chi connectivity index (χ4v) is 5.03. The number of carbonyl (C=O) groups is 2. The minimum atomic E-state index is -0.934. The lowest BCUT2D eigenvalue weighted by molar-refractivity contribution is -0.110. The Labute approximate surface area is 196 Å². The molecule has 0 unspecified atom stereocenters. The van der Waals surface area contributed by atoms with Crippen molar-refractivity contribution >= 4 is 45.1 Å². The molecule has 1 amide bonds. The van der Waals surface area contributed by atoms with E-state index in [1.807, 2.05) is 38.1 Å². The van der Waals surface area contributed by atoms with E-state index in [9.17, 15) is 14.7 Å². The monoisotopic (exact) mass is 500 g/mol. The predicted molar refractivity (Wildman–Crippen MR) is 130 cm³/mol. The number of carbonyl (C=O) groups excluding carboxylic acids is 1. The number of piperazine rings is 1. The quantitative estimate of drug-likeness (QED) is 0.591. The molecule has 1 aromatic carbocycles. The van der Waals surface area contributed by atoms with Crippen LogP contribution in [-0.4, -0.2) is 71.1 Å². The van der Waals surface area contributed by atoms with Gasteiger partial charge in [0.15, 0.2) is 0 Å². The van der Waals surface area contributed by atoms with Crippen LogP contribution in [0, 0.1) is 13.8 Å². The minimum absolute atomic E-state index is 0.169. The van der Waals surface area contributed by atoms with Gasteiger partial charge in [0.05, 0.1) is 11.1 Å². The number of hydrogen-bond donors (Lipinski definition) is 2. The van der Waals surface area contributed by atoms with Gasteiger partial charge in [0, 0.05) is 59.8 Å². The summed E-state index contributed by atoms with van der Waals surface area (Å²) in [7, 11) is 2.15. The Kier molecular flexibility index (Phi) is 6.55. The van der Waals surface area contributed by atoms with Gasteiger partial charge in [0.2, 0.25) is 0 Å². The molecule has 0 atom stereocenters. The van der Waals surface area contributed by atoms with Crippen molar-refractivity contribution in [3.8, 4) is 0 Å². The van der Waals surface area contributed by atoms with Gasteiger partial charge in [0.1, 0.15) is 0 Å². The second-order valence-electron chi connectivity index (χ2n) is 8.63. The second kappa shape index (κ2) is 9.21. The lowest BCUT2D eigenvalue weighted by Gasteiger charge is -2.32. The number of nitrogens with one attached hydrogen (secondary N) is 1. The molecule has 0 bridgehead atoms. The number of anilines is 1. The summed E-state index contributed by atoms with van der Waals surface area (Å²) >= 11 is 3.48. The number of halogens is 1. The number of benzene rings is 1. The van der Waals surface area contributed by atoms with Crippen LogP contribution in [-0.2, 0) is 11.3 Å². The van der Waals surface area contributed by atoms with Crippen LogP contribution in [0.2, 0.25) is 0 Å². The molecule has 0 saturated carbocycles. The number of aromatic carboxylic acids is 1. The van der Waals surface area contributed by atoms with E-state index in [-0.39, 0.29) is 5.91 Å². The van der Waals surface area contributed by atoms with E-state index in [1.165, 1.54) is 0 Å². The van der Waals surface area contributed by atoms with Crippen LogP contribution >= 0.6 is 15.9 Å². The maximum absolute atomic E-state index is 12.7. The molecule has 2 aliphatic heterocycles. The highest BCUT2D eigenvalue weighted by molar-refractivity contribution is 9.10. The molecule has 7 nitrogen and oxygen atoms in total. The zero-order valence-corrected chi connectivity index (χ0v) is 20.3. The van der Waals surface area contributed by atoms with Crippen LogP contribution < -0.4 is 5.32 Å². The number of fused-ring (bicyclic) bond motifs is 1. The molecule has 170 valence electrons. The average Bonchev–Trinajstić information content (AvgIpc) is 3.17.